The van der Waals surface area contributed by atoms with Crippen LogP contribution in [0, 0.1) is 3.57 Å². The molecular formula is C11H13IO4. The Hall–Kier alpha value is -0.820. The van der Waals surface area contributed by atoms with Crippen LogP contribution in [-0.2, 0) is 4.74 Å². The zero-order valence-corrected chi connectivity index (χ0v) is 11.2. The Kier molecular flexibility index (Phi) is 5.01. The van der Waals surface area contributed by atoms with E-state index in [1.807, 2.05) is 6.92 Å². The van der Waals surface area contributed by atoms with E-state index in [2.05, 4.69) is 22.6 Å². The summed E-state index contributed by atoms with van der Waals surface area (Å²) in [5.41, 5.74) is 0.222. The molecule has 88 valence electrons. The molecule has 5 heteroatoms. The van der Waals surface area contributed by atoms with E-state index in [4.69, 9.17) is 14.6 Å². The Morgan fingerprint density at radius 1 is 1.56 bits per heavy atom. The highest BCUT2D eigenvalue weighted by Crippen LogP contribution is 2.23. The second kappa shape index (κ2) is 6.05. The molecule has 0 radical (unpaired) electrons. The van der Waals surface area contributed by atoms with Crippen LogP contribution in [0.15, 0.2) is 18.2 Å². The molecule has 1 aromatic rings. The zero-order valence-electron chi connectivity index (χ0n) is 9.07. The normalized spacial score (nSPS) is 12.2. The number of hydrogen-bond acceptors (Lipinski definition) is 3. The summed E-state index contributed by atoms with van der Waals surface area (Å²) in [5.74, 6) is -0.384. The van der Waals surface area contributed by atoms with E-state index < -0.39 is 5.97 Å². The molecule has 1 atom stereocenters. The van der Waals surface area contributed by atoms with Crippen LogP contribution in [0.1, 0.15) is 17.3 Å². The minimum Gasteiger partial charge on any atom is -0.487 e. The molecular weight excluding hydrogens is 323 g/mol. The predicted octanol–water partition coefficient (Wildman–Crippen LogP) is 2.40. The fraction of sp³-hybridized carbons (Fsp3) is 0.364. The summed E-state index contributed by atoms with van der Waals surface area (Å²) in [7, 11) is 1.60. The number of carbonyl (C=O) groups is 1. The van der Waals surface area contributed by atoms with Gasteiger partial charge in [-0.25, -0.2) is 4.79 Å². The monoisotopic (exact) mass is 336 g/mol. The number of halogens is 1. The molecule has 4 nitrogen and oxygen atoms in total. The van der Waals surface area contributed by atoms with Crippen molar-refractivity contribution in [3.8, 4) is 5.75 Å². The second-order valence-corrected chi connectivity index (χ2v) is 4.50. The standard InChI is InChI=1S/C11H13IO4/c1-7(6-15-2)16-10-5-8(11(13)14)3-4-9(10)12/h3-5,7H,6H2,1-2H3,(H,13,14). The molecule has 0 saturated heterocycles. The van der Waals surface area contributed by atoms with E-state index >= 15 is 0 Å². The highest BCUT2D eigenvalue weighted by molar-refractivity contribution is 14.1. The fourth-order valence-electron chi connectivity index (χ4n) is 1.21. The third kappa shape index (κ3) is 3.64. The Morgan fingerprint density at radius 2 is 2.25 bits per heavy atom. The van der Waals surface area contributed by atoms with Gasteiger partial charge in [0.05, 0.1) is 15.7 Å². The number of carboxylic acids is 1. The first-order valence-electron chi connectivity index (χ1n) is 4.73. The lowest BCUT2D eigenvalue weighted by Crippen LogP contribution is -2.18. The molecule has 0 heterocycles. The van der Waals surface area contributed by atoms with Crippen molar-refractivity contribution >= 4 is 28.6 Å². The number of hydrogen-bond donors (Lipinski definition) is 1. The van der Waals surface area contributed by atoms with E-state index in [9.17, 15) is 4.79 Å². The van der Waals surface area contributed by atoms with Gasteiger partial charge in [-0.1, -0.05) is 0 Å². The molecule has 1 rings (SSSR count). The molecule has 1 aromatic carbocycles. The first-order valence-corrected chi connectivity index (χ1v) is 5.81. The molecule has 16 heavy (non-hydrogen) atoms. The molecule has 1 unspecified atom stereocenters. The van der Waals surface area contributed by atoms with Gasteiger partial charge in [-0.2, -0.15) is 0 Å². The first kappa shape index (κ1) is 13.2. The summed E-state index contributed by atoms with van der Waals surface area (Å²) in [6.45, 7) is 2.33. The maximum absolute atomic E-state index is 10.8. The lowest BCUT2D eigenvalue weighted by atomic mass is 10.2. The number of rotatable bonds is 5. The van der Waals surface area contributed by atoms with Gasteiger partial charge in [-0.15, -0.1) is 0 Å². The van der Waals surface area contributed by atoms with Crippen LogP contribution in [0.4, 0.5) is 0 Å². The maximum Gasteiger partial charge on any atom is 0.335 e. The SMILES string of the molecule is COCC(C)Oc1cc(C(=O)O)ccc1I. The molecule has 0 aliphatic heterocycles. The van der Waals surface area contributed by atoms with Gasteiger partial charge in [0.25, 0.3) is 0 Å². The van der Waals surface area contributed by atoms with Crippen molar-refractivity contribution in [3.63, 3.8) is 0 Å². The Morgan fingerprint density at radius 3 is 2.81 bits per heavy atom. The van der Waals surface area contributed by atoms with Crippen LogP contribution in [-0.4, -0.2) is 30.9 Å². The Bertz CT molecular complexity index is 378. The number of methoxy groups -OCH3 is 1. The zero-order chi connectivity index (χ0) is 12.1. The minimum atomic E-state index is -0.958. The maximum atomic E-state index is 10.8. The van der Waals surface area contributed by atoms with Gasteiger partial charge < -0.3 is 14.6 Å². The number of ether oxygens (including phenoxy) is 2. The van der Waals surface area contributed by atoms with Crippen molar-refractivity contribution in [1.29, 1.82) is 0 Å². The minimum absolute atomic E-state index is 0.109. The molecule has 0 aliphatic rings. The van der Waals surface area contributed by atoms with Gasteiger partial charge >= 0.3 is 5.97 Å². The van der Waals surface area contributed by atoms with Crippen molar-refractivity contribution in [2.24, 2.45) is 0 Å². The quantitative estimate of drug-likeness (QED) is 0.839. The van der Waals surface area contributed by atoms with Gasteiger partial charge in [-0.05, 0) is 47.7 Å². The van der Waals surface area contributed by atoms with Gasteiger partial charge in [0.1, 0.15) is 11.9 Å². The van der Waals surface area contributed by atoms with Crippen LogP contribution < -0.4 is 4.74 Å². The molecule has 0 aromatic heterocycles. The topological polar surface area (TPSA) is 55.8 Å². The Labute approximate surface area is 108 Å². The third-order valence-electron chi connectivity index (χ3n) is 1.91. The van der Waals surface area contributed by atoms with Crippen molar-refractivity contribution in [2.45, 2.75) is 13.0 Å². The summed E-state index contributed by atoms with van der Waals surface area (Å²) in [6.07, 6.45) is -0.109. The van der Waals surface area contributed by atoms with Gasteiger partial charge in [0, 0.05) is 7.11 Å². The molecule has 0 saturated carbocycles. The Balaban J connectivity index is 2.85. The van der Waals surface area contributed by atoms with E-state index in [0.29, 0.717) is 12.4 Å². The van der Waals surface area contributed by atoms with Crippen molar-refractivity contribution in [1.82, 2.24) is 0 Å². The first-order chi connectivity index (χ1) is 7.54. The van der Waals surface area contributed by atoms with Crippen molar-refractivity contribution in [2.75, 3.05) is 13.7 Å². The summed E-state index contributed by atoms with van der Waals surface area (Å²) >= 11 is 2.10. The summed E-state index contributed by atoms with van der Waals surface area (Å²) in [4.78, 5) is 10.8. The van der Waals surface area contributed by atoms with Gasteiger partial charge in [0.15, 0.2) is 0 Å². The largest absolute Gasteiger partial charge is 0.487 e. The van der Waals surface area contributed by atoms with Crippen LogP contribution in [0.5, 0.6) is 5.75 Å². The van der Waals surface area contributed by atoms with E-state index in [-0.39, 0.29) is 11.7 Å². The van der Waals surface area contributed by atoms with E-state index in [0.717, 1.165) is 3.57 Å². The van der Waals surface area contributed by atoms with Crippen LogP contribution in [0.2, 0.25) is 0 Å². The highest BCUT2D eigenvalue weighted by Gasteiger charge is 2.10. The van der Waals surface area contributed by atoms with Crippen LogP contribution in [0.25, 0.3) is 0 Å². The predicted molar refractivity (Wildman–Crippen MR) is 68.1 cm³/mol. The van der Waals surface area contributed by atoms with Gasteiger partial charge in [-0.3, -0.25) is 0 Å². The fourth-order valence-corrected chi connectivity index (χ4v) is 1.67. The number of carboxylic acid groups (broad SMARTS) is 1. The smallest absolute Gasteiger partial charge is 0.335 e. The molecule has 0 amide bonds. The molecule has 0 aliphatic carbocycles. The second-order valence-electron chi connectivity index (χ2n) is 3.33. The molecule has 0 fully saturated rings. The highest BCUT2D eigenvalue weighted by atomic mass is 127. The molecule has 1 N–H and O–H groups in total. The van der Waals surface area contributed by atoms with E-state index in [1.165, 1.54) is 6.07 Å². The number of aromatic carboxylic acids is 1. The summed E-state index contributed by atoms with van der Waals surface area (Å²) in [5, 5.41) is 8.85. The van der Waals surface area contributed by atoms with Crippen LogP contribution in [0.3, 0.4) is 0 Å². The van der Waals surface area contributed by atoms with E-state index in [1.54, 1.807) is 19.2 Å². The van der Waals surface area contributed by atoms with Crippen LogP contribution >= 0.6 is 22.6 Å². The average Bonchev–Trinajstić information content (AvgIpc) is 2.21. The van der Waals surface area contributed by atoms with Gasteiger partial charge in [0.2, 0.25) is 0 Å². The van der Waals surface area contributed by atoms with Crippen molar-refractivity contribution in [3.05, 3.63) is 27.3 Å². The summed E-state index contributed by atoms with van der Waals surface area (Å²) < 4.78 is 11.4. The molecule has 0 bridgehead atoms. The van der Waals surface area contributed by atoms with Crippen molar-refractivity contribution < 1.29 is 19.4 Å². The lowest BCUT2D eigenvalue weighted by molar-refractivity contribution is 0.0694. The summed E-state index contributed by atoms with van der Waals surface area (Å²) in [6, 6.07) is 4.80. The molecule has 0 spiro atoms. The average molecular weight is 336 g/mol. The lowest BCUT2D eigenvalue weighted by Gasteiger charge is -2.15. The third-order valence-corrected chi connectivity index (χ3v) is 2.80. The number of benzene rings is 1.